The van der Waals surface area contributed by atoms with Crippen molar-refractivity contribution >= 4 is 46.5 Å². The van der Waals surface area contributed by atoms with Gasteiger partial charge in [-0.3, -0.25) is 19.3 Å². The van der Waals surface area contributed by atoms with Gasteiger partial charge in [0, 0.05) is 13.1 Å². The summed E-state index contributed by atoms with van der Waals surface area (Å²) < 4.78 is 25.0. The molecule has 0 aromatic heterocycles. The topological polar surface area (TPSA) is 76.2 Å². The van der Waals surface area contributed by atoms with Crippen molar-refractivity contribution in [2.45, 2.75) is 32.8 Å². The SMILES string of the molecule is CCOc1cc(/C=C2\SC(=O)N(CC(=O)N3CCCCC3)C2=O)cc(Cl)c1OCc1cccc(F)c1. The number of halogens is 2. The van der Waals surface area contributed by atoms with Gasteiger partial charge in [0.15, 0.2) is 11.5 Å². The van der Waals surface area contributed by atoms with E-state index >= 15 is 0 Å². The Morgan fingerprint density at radius 3 is 2.64 bits per heavy atom. The minimum absolute atomic E-state index is 0.0842. The molecule has 7 nitrogen and oxygen atoms in total. The van der Waals surface area contributed by atoms with Gasteiger partial charge < -0.3 is 14.4 Å². The van der Waals surface area contributed by atoms with Gasteiger partial charge in [-0.2, -0.15) is 0 Å². The molecule has 0 N–H and O–H groups in total. The van der Waals surface area contributed by atoms with E-state index in [9.17, 15) is 18.8 Å². The maximum atomic E-state index is 13.5. The normalized spacial score (nSPS) is 17.1. The first-order chi connectivity index (χ1) is 17.4. The number of amides is 3. The van der Waals surface area contributed by atoms with E-state index in [1.165, 1.54) is 12.1 Å². The molecular formula is C26H26ClFN2O5S. The summed E-state index contributed by atoms with van der Waals surface area (Å²) in [4.78, 5) is 40.9. The number of likely N-dealkylation sites (tertiary alicyclic amines) is 1. The highest BCUT2D eigenvalue weighted by atomic mass is 35.5. The standard InChI is InChI=1S/C26H26ClFN2O5S/c1-2-34-21-13-18(12-20(27)24(21)35-16-17-7-6-8-19(28)11-17)14-22-25(32)30(26(33)36-22)15-23(31)29-9-4-3-5-10-29/h6-8,11-14H,2-5,9-10,15-16H2,1H3/b22-14-. The zero-order chi connectivity index (χ0) is 25.7. The molecule has 0 saturated carbocycles. The van der Waals surface area contributed by atoms with E-state index in [1.807, 2.05) is 6.92 Å². The van der Waals surface area contributed by atoms with Gasteiger partial charge >= 0.3 is 0 Å². The molecule has 3 amide bonds. The van der Waals surface area contributed by atoms with E-state index in [-0.39, 0.29) is 34.8 Å². The molecule has 36 heavy (non-hydrogen) atoms. The number of ether oxygens (including phenoxy) is 2. The average Bonchev–Trinajstić information content (AvgIpc) is 3.11. The summed E-state index contributed by atoms with van der Waals surface area (Å²) in [5.41, 5.74) is 1.17. The lowest BCUT2D eigenvalue weighted by Gasteiger charge is -2.27. The number of piperidine rings is 1. The molecule has 190 valence electrons. The molecule has 0 atom stereocenters. The summed E-state index contributed by atoms with van der Waals surface area (Å²) in [6.45, 7) is 3.27. The van der Waals surface area contributed by atoms with E-state index in [0.717, 1.165) is 35.9 Å². The Morgan fingerprint density at radius 2 is 1.92 bits per heavy atom. The number of carbonyl (C=O) groups excluding carboxylic acids is 3. The highest BCUT2D eigenvalue weighted by Gasteiger charge is 2.37. The maximum Gasteiger partial charge on any atom is 0.294 e. The number of carbonyl (C=O) groups is 3. The van der Waals surface area contributed by atoms with Gasteiger partial charge in [0.1, 0.15) is 19.0 Å². The lowest BCUT2D eigenvalue weighted by atomic mass is 10.1. The maximum absolute atomic E-state index is 13.5. The van der Waals surface area contributed by atoms with E-state index in [4.69, 9.17) is 21.1 Å². The van der Waals surface area contributed by atoms with E-state index in [2.05, 4.69) is 0 Å². The van der Waals surface area contributed by atoms with Crippen molar-refractivity contribution < 1.29 is 28.2 Å². The first-order valence-corrected chi connectivity index (χ1v) is 12.9. The Bertz CT molecular complexity index is 1200. The molecule has 0 unspecified atom stereocenters. The predicted octanol–water partition coefficient (Wildman–Crippen LogP) is 5.51. The van der Waals surface area contributed by atoms with Crippen LogP contribution in [-0.4, -0.2) is 53.1 Å². The summed E-state index contributed by atoms with van der Waals surface area (Å²) in [5, 5.41) is -0.245. The van der Waals surface area contributed by atoms with Gasteiger partial charge in [-0.05, 0) is 79.4 Å². The van der Waals surface area contributed by atoms with Gasteiger partial charge in [-0.15, -0.1) is 0 Å². The molecule has 0 aliphatic carbocycles. The average molecular weight is 533 g/mol. The number of rotatable bonds is 8. The number of hydrogen-bond donors (Lipinski definition) is 0. The fourth-order valence-corrected chi connectivity index (χ4v) is 5.13. The van der Waals surface area contributed by atoms with Crippen molar-refractivity contribution in [2.24, 2.45) is 0 Å². The summed E-state index contributed by atoms with van der Waals surface area (Å²) in [5.74, 6) is -0.461. The highest BCUT2D eigenvalue weighted by Crippen LogP contribution is 2.39. The van der Waals surface area contributed by atoms with Crippen molar-refractivity contribution in [3.05, 3.63) is 63.3 Å². The number of benzene rings is 2. The van der Waals surface area contributed by atoms with Gasteiger partial charge in [0.25, 0.3) is 11.1 Å². The molecule has 2 aliphatic heterocycles. The van der Waals surface area contributed by atoms with E-state index in [0.29, 0.717) is 42.3 Å². The van der Waals surface area contributed by atoms with Crippen LogP contribution in [0.15, 0.2) is 41.3 Å². The fraction of sp³-hybridized carbons (Fsp3) is 0.346. The molecule has 2 aromatic carbocycles. The first kappa shape index (κ1) is 26.0. The zero-order valence-corrected chi connectivity index (χ0v) is 21.4. The highest BCUT2D eigenvalue weighted by molar-refractivity contribution is 8.18. The van der Waals surface area contributed by atoms with Gasteiger partial charge in [-0.25, -0.2) is 4.39 Å². The van der Waals surface area contributed by atoms with E-state index in [1.54, 1.807) is 35.2 Å². The van der Waals surface area contributed by atoms with Crippen LogP contribution in [0.25, 0.3) is 6.08 Å². The third kappa shape index (κ3) is 6.20. The van der Waals surface area contributed by atoms with E-state index < -0.39 is 11.1 Å². The lowest BCUT2D eigenvalue weighted by molar-refractivity contribution is -0.136. The van der Waals surface area contributed by atoms with Crippen LogP contribution in [0.2, 0.25) is 5.02 Å². The quantitative estimate of drug-likeness (QED) is 0.417. The molecule has 2 fully saturated rings. The molecule has 2 heterocycles. The Labute approximate surface area is 218 Å². The summed E-state index contributed by atoms with van der Waals surface area (Å²) in [6.07, 6.45) is 4.48. The molecular weight excluding hydrogens is 507 g/mol. The number of imide groups is 1. The van der Waals surface area contributed by atoms with Crippen LogP contribution in [0.4, 0.5) is 9.18 Å². The molecule has 4 rings (SSSR count). The summed E-state index contributed by atoms with van der Waals surface area (Å²) in [6, 6.07) is 9.30. The monoisotopic (exact) mass is 532 g/mol. The molecule has 0 bridgehead atoms. The second-order valence-corrected chi connectivity index (χ2v) is 9.79. The Balaban J connectivity index is 1.50. The third-order valence-electron chi connectivity index (χ3n) is 5.78. The minimum Gasteiger partial charge on any atom is -0.490 e. The molecule has 0 radical (unpaired) electrons. The van der Waals surface area contributed by atoms with Crippen LogP contribution >= 0.6 is 23.4 Å². The Hall–Kier alpha value is -3.04. The fourth-order valence-electron chi connectivity index (χ4n) is 4.02. The first-order valence-electron chi connectivity index (χ1n) is 11.7. The van der Waals surface area contributed by atoms with Crippen LogP contribution in [0.3, 0.4) is 0 Å². The van der Waals surface area contributed by atoms with Crippen molar-refractivity contribution in [3.8, 4) is 11.5 Å². The Kier molecular flexibility index (Phi) is 8.53. The van der Waals surface area contributed by atoms with Crippen LogP contribution in [0.5, 0.6) is 11.5 Å². The minimum atomic E-state index is -0.518. The van der Waals surface area contributed by atoms with Crippen LogP contribution in [0, 0.1) is 5.82 Å². The largest absolute Gasteiger partial charge is 0.490 e. The lowest BCUT2D eigenvalue weighted by Crippen LogP contribution is -2.44. The van der Waals surface area contributed by atoms with Gasteiger partial charge in [-0.1, -0.05) is 23.7 Å². The second-order valence-electron chi connectivity index (χ2n) is 8.39. The van der Waals surface area contributed by atoms with Crippen molar-refractivity contribution in [3.63, 3.8) is 0 Å². The van der Waals surface area contributed by atoms with Crippen LogP contribution in [-0.2, 0) is 16.2 Å². The molecule has 0 spiro atoms. The summed E-state index contributed by atoms with van der Waals surface area (Å²) in [7, 11) is 0. The number of nitrogens with zero attached hydrogens (tertiary/aromatic N) is 2. The number of hydrogen-bond acceptors (Lipinski definition) is 6. The van der Waals surface area contributed by atoms with Gasteiger partial charge in [0.2, 0.25) is 5.91 Å². The molecule has 10 heteroatoms. The van der Waals surface area contributed by atoms with Crippen LogP contribution in [0.1, 0.15) is 37.3 Å². The van der Waals surface area contributed by atoms with Crippen molar-refractivity contribution in [2.75, 3.05) is 26.2 Å². The second kappa shape index (κ2) is 11.8. The molecule has 2 aromatic rings. The van der Waals surface area contributed by atoms with Crippen molar-refractivity contribution in [1.29, 1.82) is 0 Å². The zero-order valence-electron chi connectivity index (χ0n) is 19.8. The smallest absolute Gasteiger partial charge is 0.294 e. The summed E-state index contributed by atoms with van der Waals surface area (Å²) >= 11 is 7.25. The molecule has 2 aliphatic rings. The third-order valence-corrected chi connectivity index (χ3v) is 6.97. The van der Waals surface area contributed by atoms with Gasteiger partial charge in [0.05, 0.1) is 16.5 Å². The predicted molar refractivity (Wildman–Crippen MR) is 136 cm³/mol. The Morgan fingerprint density at radius 1 is 1.14 bits per heavy atom. The van der Waals surface area contributed by atoms with Crippen molar-refractivity contribution in [1.82, 2.24) is 9.80 Å². The number of thioether (sulfide) groups is 1. The van der Waals surface area contributed by atoms with Crippen LogP contribution < -0.4 is 9.47 Å². The molecule has 2 saturated heterocycles.